The highest BCUT2D eigenvalue weighted by Crippen LogP contribution is 2.38. The topological polar surface area (TPSA) is 83.5 Å². The SMILES string of the molecule is C=c1c(OC)cc(C(=O)NCC(c2cc(C(C)(C)O)c(F)c(-c3cc(F)c(F)cc3F)n2)C2C=CC=C(F)C2)c/c1=C/NC(F)F. The number of aliphatic hydroxyl groups is 1. The van der Waals surface area contributed by atoms with Crippen molar-refractivity contribution in [2.45, 2.75) is 38.3 Å². The fourth-order valence-electron chi connectivity index (χ4n) is 5.05. The van der Waals surface area contributed by atoms with Gasteiger partial charge in [-0.2, -0.15) is 8.78 Å². The fraction of sp³-hybridized carbons (Fsp3) is 0.273. The Labute approximate surface area is 259 Å². The van der Waals surface area contributed by atoms with Gasteiger partial charge in [-0.3, -0.25) is 4.79 Å². The summed E-state index contributed by atoms with van der Waals surface area (Å²) in [5.41, 5.74) is -3.74. The second-order valence-electron chi connectivity index (χ2n) is 11.1. The number of pyridine rings is 1. The van der Waals surface area contributed by atoms with E-state index in [1.807, 2.05) is 5.32 Å². The maximum atomic E-state index is 15.8. The lowest BCUT2D eigenvalue weighted by Gasteiger charge is -2.28. The zero-order valence-corrected chi connectivity index (χ0v) is 24.9. The summed E-state index contributed by atoms with van der Waals surface area (Å²) in [5.74, 6) is -8.22. The van der Waals surface area contributed by atoms with Crippen LogP contribution in [0, 0.1) is 29.2 Å². The van der Waals surface area contributed by atoms with E-state index in [2.05, 4.69) is 16.9 Å². The van der Waals surface area contributed by atoms with Gasteiger partial charge in [0, 0.05) is 64.0 Å². The van der Waals surface area contributed by atoms with Gasteiger partial charge in [0.2, 0.25) is 0 Å². The van der Waals surface area contributed by atoms with Crippen molar-refractivity contribution in [2.75, 3.05) is 13.7 Å². The van der Waals surface area contributed by atoms with Crippen LogP contribution in [0.25, 0.3) is 24.0 Å². The van der Waals surface area contributed by atoms with Crippen LogP contribution >= 0.6 is 0 Å². The lowest BCUT2D eigenvalue weighted by Crippen LogP contribution is -2.35. The van der Waals surface area contributed by atoms with Gasteiger partial charge in [-0.15, -0.1) is 0 Å². The first-order chi connectivity index (χ1) is 21.6. The number of rotatable bonds is 10. The second kappa shape index (κ2) is 13.8. The molecule has 1 aromatic heterocycles. The monoisotopic (exact) mass is 649 g/mol. The molecule has 0 aliphatic heterocycles. The summed E-state index contributed by atoms with van der Waals surface area (Å²) in [5, 5.41) is 15.7. The summed E-state index contributed by atoms with van der Waals surface area (Å²) < 4.78 is 104. The van der Waals surface area contributed by atoms with E-state index in [4.69, 9.17) is 4.74 Å². The number of alkyl halides is 2. The summed E-state index contributed by atoms with van der Waals surface area (Å²) in [6.07, 6.45) is 5.09. The van der Waals surface area contributed by atoms with E-state index in [1.54, 1.807) is 6.08 Å². The molecule has 1 amide bonds. The smallest absolute Gasteiger partial charge is 0.312 e. The summed E-state index contributed by atoms with van der Waals surface area (Å²) in [7, 11) is 1.30. The van der Waals surface area contributed by atoms with Crippen LogP contribution < -0.4 is 25.8 Å². The Bertz CT molecular complexity index is 1820. The number of hydrogen-bond donors (Lipinski definition) is 3. The molecule has 0 fully saturated rings. The highest BCUT2D eigenvalue weighted by atomic mass is 19.3. The third kappa shape index (κ3) is 7.58. The van der Waals surface area contributed by atoms with E-state index in [1.165, 1.54) is 51.3 Å². The molecule has 3 aromatic rings. The Balaban J connectivity index is 1.82. The van der Waals surface area contributed by atoms with E-state index in [0.717, 1.165) is 6.20 Å². The minimum Gasteiger partial charge on any atom is -0.496 e. The van der Waals surface area contributed by atoms with Crippen LogP contribution in [0.2, 0.25) is 0 Å². The predicted molar refractivity (Wildman–Crippen MR) is 158 cm³/mol. The van der Waals surface area contributed by atoms with Gasteiger partial charge in [0.15, 0.2) is 17.5 Å². The molecular formula is C33H30F7N3O3. The Hall–Kier alpha value is -4.65. The number of allylic oxidation sites excluding steroid dienone is 4. The standard InChI is InChI=1S/C33H30F7N3O3/c1-16-19(14-42-32(39)40)8-18(10-28(16)46-4)31(44)41-15-22(17-6-5-7-20(34)9-17)27-12-23(33(2,3)45)29(38)30(43-27)21-11-25(36)26(37)13-24(21)35/h5-8,10-14,17,22,32,42,45H,1,9,15H2,2-4H3,(H,41,44)/b19-14-. The molecule has 13 heteroatoms. The first-order valence-electron chi connectivity index (χ1n) is 13.9. The van der Waals surface area contributed by atoms with Crippen molar-refractivity contribution < 1.29 is 45.4 Å². The molecule has 1 aliphatic carbocycles. The summed E-state index contributed by atoms with van der Waals surface area (Å²) in [6.45, 7) is 3.12. The van der Waals surface area contributed by atoms with E-state index >= 15 is 4.39 Å². The van der Waals surface area contributed by atoms with Crippen molar-refractivity contribution >= 4 is 18.7 Å². The molecule has 1 aliphatic rings. The molecular weight excluding hydrogens is 619 g/mol. The van der Waals surface area contributed by atoms with Crippen molar-refractivity contribution in [3.05, 3.63) is 105 Å². The number of halogens is 7. The van der Waals surface area contributed by atoms with Crippen LogP contribution in [0.3, 0.4) is 0 Å². The number of ether oxygens (including phenoxy) is 1. The number of benzene rings is 2. The number of aromatic nitrogens is 1. The maximum Gasteiger partial charge on any atom is 0.312 e. The molecule has 0 saturated heterocycles. The molecule has 2 unspecified atom stereocenters. The number of amides is 1. The molecule has 4 rings (SSSR count). The molecule has 0 saturated carbocycles. The van der Waals surface area contributed by atoms with Crippen molar-refractivity contribution in [1.29, 1.82) is 0 Å². The van der Waals surface area contributed by atoms with Crippen LogP contribution in [0.1, 0.15) is 47.8 Å². The molecule has 1 heterocycles. The number of methoxy groups -OCH3 is 1. The third-order valence-electron chi connectivity index (χ3n) is 7.44. The van der Waals surface area contributed by atoms with Gasteiger partial charge < -0.3 is 20.5 Å². The highest BCUT2D eigenvalue weighted by Gasteiger charge is 2.32. The number of nitrogens with zero attached hydrogens (tertiary/aromatic N) is 1. The van der Waals surface area contributed by atoms with Crippen LogP contribution in [-0.2, 0) is 5.60 Å². The summed E-state index contributed by atoms with van der Waals surface area (Å²) in [6, 6.07) is 4.48. The van der Waals surface area contributed by atoms with Gasteiger partial charge in [0.1, 0.15) is 23.1 Å². The minimum atomic E-state index is -2.89. The zero-order valence-electron chi connectivity index (χ0n) is 24.9. The average molecular weight is 650 g/mol. The van der Waals surface area contributed by atoms with Gasteiger partial charge in [-0.05, 0) is 50.1 Å². The maximum absolute atomic E-state index is 15.8. The number of hydrogen-bond acceptors (Lipinski definition) is 5. The number of carbonyl (C=O) groups is 1. The normalized spacial score (nSPS) is 16.0. The van der Waals surface area contributed by atoms with Gasteiger partial charge in [-0.25, -0.2) is 26.9 Å². The Morgan fingerprint density at radius 2 is 1.80 bits per heavy atom. The second-order valence-corrected chi connectivity index (χ2v) is 11.1. The average Bonchev–Trinajstić information content (AvgIpc) is 2.98. The number of nitrogens with one attached hydrogen (secondary N) is 2. The van der Waals surface area contributed by atoms with Crippen molar-refractivity contribution in [3.8, 4) is 17.0 Å². The van der Waals surface area contributed by atoms with Gasteiger partial charge >= 0.3 is 6.55 Å². The van der Waals surface area contributed by atoms with E-state index in [0.29, 0.717) is 6.07 Å². The zero-order chi connectivity index (χ0) is 33.9. The third-order valence-corrected chi connectivity index (χ3v) is 7.44. The van der Waals surface area contributed by atoms with Gasteiger partial charge in [0.05, 0.1) is 12.7 Å². The molecule has 46 heavy (non-hydrogen) atoms. The van der Waals surface area contributed by atoms with E-state index < -0.39 is 70.2 Å². The van der Waals surface area contributed by atoms with Crippen molar-refractivity contribution in [1.82, 2.24) is 15.6 Å². The lowest BCUT2D eigenvalue weighted by atomic mass is 9.82. The largest absolute Gasteiger partial charge is 0.496 e. The molecule has 0 bridgehead atoms. The molecule has 3 N–H and O–H groups in total. The molecule has 6 nitrogen and oxygen atoms in total. The lowest BCUT2D eigenvalue weighted by molar-refractivity contribution is 0.0742. The Morgan fingerprint density at radius 1 is 1.11 bits per heavy atom. The first kappa shape index (κ1) is 34.2. The Kier molecular flexibility index (Phi) is 10.2. The summed E-state index contributed by atoms with van der Waals surface area (Å²) >= 11 is 0. The van der Waals surface area contributed by atoms with Crippen LogP contribution in [-0.4, -0.2) is 36.2 Å². The van der Waals surface area contributed by atoms with Crippen molar-refractivity contribution in [2.24, 2.45) is 5.92 Å². The van der Waals surface area contributed by atoms with Crippen LogP contribution in [0.4, 0.5) is 30.7 Å². The number of carbonyl (C=O) groups excluding carboxylic acids is 1. The molecule has 0 radical (unpaired) electrons. The van der Waals surface area contributed by atoms with E-state index in [9.17, 15) is 36.2 Å². The minimum absolute atomic E-state index is 0.00984. The van der Waals surface area contributed by atoms with Gasteiger partial charge in [-0.1, -0.05) is 18.7 Å². The Morgan fingerprint density at radius 3 is 2.43 bits per heavy atom. The molecule has 0 spiro atoms. The fourth-order valence-corrected chi connectivity index (χ4v) is 5.05. The molecule has 2 aromatic carbocycles. The summed E-state index contributed by atoms with van der Waals surface area (Å²) in [4.78, 5) is 17.6. The van der Waals surface area contributed by atoms with Crippen LogP contribution in [0.5, 0.6) is 5.75 Å². The first-order valence-corrected chi connectivity index (χ1v) is 13.9. The molecule has 2 atom stereocenters. The highest BCUT2D eigenvalue weighted by molar-refractivity contribution is 5.94. The quantitative estimate of drug-likeness (QED) is 0.155. The predicted octanol–water partition coefficient (Wildman–Crippen LogP) is 5.44. The van der Waals surface area contributed by atoms with Crippen molar-refractivity contribution in [3.63, 3.8) is 0 Å². The van der Waals surface area contributed by atoms with Crippen LogP contribution in [0.15, 0.2) is 54.4 Å². The molecule has 244 valence electrons. The van der Waals surface area contributed by atoms with Gasteiger partial charge in [0.25, 0.3) is 5.91 Å². The van der Waals surface area contributed by atoms with E-state index in [-0.39, 0.29) is 52.0 Å².